The minimum atomic E-state index is 0.134. The van der Waals surface area contributed by atoms with Gasteiger partial charge < -0.3 is 4.90 Å². The van der Waals surface area contributed by atoms with Crippen LogP contribution in [-0.4, -0.2) is 23.9 Å². The van der Waals surface area contributed by atoms with Gasteiger partial charge in [0.05, 0.1) is 0 Å². The predicted octanol–water partition coefficient (Wildman–Crippen LogP) is 4.62. The van der Waals surface area contributed by atoms with E-state index in [1.165, 1.54) is 5.56 Å². The molecule has 1 heterocycles. The van der Waals surface area contributed by atoms with Crippen molar-refractivity contribution in [3.63, 3.8) is 0 Å². The summed E-state index contributed by atoms with van der Waals surface area (Å²) in [6.07, 6.45) is 3.18. The van der Waals surface area contributed by atoms with E-state index in [1.54, 1.807) is 0 Å². The SMILES string of the molecule is [CH2]c1ccc(C(=O)N2CCC(Cc3ccc(Cl)cc3)CC2)cc1. The van der Waals surface area contributed by atoms with Gasteiger partial charge in [-0.3, -0.25) is 4.79 Å². The quantitative estimate of drug-likeness (QED) is 0.806. The van der Waals surface area contributed by atoms with E-state index in [2.05, 4.69) is 19.1 Å². The molecular weight excluding hydrogens is 306 g/mol. The summed E-state index contributed by atoms with van der Waals surface area (Å²) < 4.78 is 0. The Hall–Kier alpha value is -1.80. The Bertz CT molecular complexity index is 655. The van der Waals surface area contributed by atoms with Crippen LogP contribution in [0.2, 0.25) is 5.02 Å². The zero-order valence-corrected chi connectivity index (χ0v) is 13.9. The van der Waals surface area contributed by atoms with Crippen molar-refractivity contribution in [2.75, 3.05) is 13.1 Å². The number of carbonyl (C=O) groups excluding carboxylic acids is 1. The van der Waals surface area contributed by atoms with Crippen LogP contribution < -0.4 is 0 Å². The molecule has 0 spiro atoms. The molecule has 0 N–H and O–H groups in total. The highest BCUT2D eigenvalue weighted by Gasteiger charge is 2.23. The first-order valence-corrected chi connectivity index (χ1v) is 8.45. The second-order valence-electron chi connectivity index (χ2n) is 6.26. The fraction of sp³-hybridized carbons (Fsp3) is 0.300. The highest BCUT2D eigenvalue weighted by molar-refractivity contribution is 6.30. The van der Waals surface area contributed by atoms with Crippen LogP contribution in [-0.2, 0) is 6.42 Å². The number of amides is 1. The maximum absolute atomic E-state index is 12.5. The van der Waals surface area contributed by atoms with E-state index >= 15 is 0 Å². The summed E-state index contributed by atoms with van der Waals surface area (Å²) in [7, 11) is 0. The Morgan fingerprint density at radius 2 is 1.65 bits per heavy atom. The Morgan fingerprint density at radius 1 is 1.04 bits per heavy atom. The Balaban J connectivity index is 1.54. The van der Waals surface area contributed by atoms with Crippen molar-refractivity contribution in [3.8, 4) is 0 Å². The fourth-order valence-corrected chi connectivity index (χ4v) is 3.25. The number of piperidine rings is 1. The lowest BCUT2D eigenvalue weighted by atomic mass is 9.90. The average Bonchev–Trinajstić information content (AvgIpc) is 2.58. The molecule has 1 aliphatic heterocycles. The van der Waals surface area contributed by atoms with Gasteiger partial charge in [-0.25, -0.2) is 0 Å². The minimum absolute atomic E-state index is 0.134. The van der Waals surface area contributed by atoms with Crippen molar-refractivity contribution in [1.29, 1.82) is 0 Å². The standard InChI is InChI=1S/C20H21ClNO/c1-15-2-6-18(7-3-15)20(23)22-12-10-17(11-13-22)14-16-4-8-19(21)9-5-16/h2-9,17H,1,10-14H2. The Labute approximate surface area is 143 Å². The van der Waals surface area contributed by atoms with Crippen molar-refractivity contribution in [2.45, 2.75) is 19.3 Å². The number of halogens is 1. The lowest BCUT2D eigenvalue weighted by Crippen LogP contribution is -2.38. The summed E-state index contributed by atoms with van der Waals surface area (Å²) >= 11 is 5.93. The lowest BCUT2D eigenvalue weighted by molar-refractivity contribution is 0.0690. The summed E-state index contributed by atoms with van der Waals surface area (Å²) in [6, 6.07) is 15.6. The monoisotopic (exact) mass is 326 g/mol. The number of nitrogens with zero attached hydrogens (tertiary/aromatic N) is 1. The molecule has 2 aromatic rings. The van der Waals surface area contributed by atoms with Crippen LogP contribution in [0.5, 0.6) is 0 Å². The summed E-state index contributed by atoms with van der Waals surface area (Å²) in [5, 5.41) is 0.780. The second-order valence-corrected chi connectivity index (χ2v) is 6.70. The summed E-state index contributed by atoms with van der Waals surface area (Å²) in [6.45, 7) is 5.53. The lowest BCUT2D eigenvalue weighted by Gasteiger charge is -2.32. The van der Waals surface area contributed by atoms with Crippen LogP contribution >= 0.6 is 11.6 Å². The molecule has 1 radical (unpaired) electrons. The molecule has 0 aromatic heterocycles. The number of rotatable bonds is 3. The molecule has 2 aromatic carbocycles. The number of hydrogen-bond acceptors (Lipinski definition) is 1. The molecule has 1 fully saturated rings. The van der Waals surface area contributed by atoms with E-state index in [9.17, 15) is 4.79 Å². The van der Waals surface area contributed by atoms with Crippen LogP contribution in [0.3, 0.4) is 0 Å². The molecule has 23 heavy (non-hydrogen) atoms. The first kappa shape index (κ1) is 16.1. The van der Waals surface area contributed by atoms with Gasteiger partial charge in [0.2, 0.25) is 0 Å². The van der Waals surface area contributed by atoms with E-state index < -0.39 is 0 Å². The predicted molar refractivity (Wildman–Crippen MR) is 94.7 cm³/mol. The van der Waals surface area contributed by atoms with Gasteiger partial charge >= 0.3 is 0 Å². The topological polar surface area (TPSA) is 20.3 Å². The van der Waals surface area contributed by atoms with E-state index in [1.807, 2.05) is 41.3 Å². The van der Waals surface area contributed by atoms with E-state index in [0.29, 0.717) is 5.92 Å². The van der Waals surface area contributed by atoms with Crippen molar-refractivity contribution in [1.82, 2.24) is 4.90 Å². The van der Waals surface area contributed by atoms with Crippen molar-refractivity contribution in [2.24, 2.45) is 5.92 Å². The molecule has 0 unspecified atom stereocenters. The minimum Gasteiger partial charge on any atom is -0.339 e. The smallest absolute Gasteiger partial charge is 0.253 e. The van der Waals surface area contributed by atoms with Crippen LogP contribution in [0.25, 0.3) is 0 Å². The van der Waals surface area contributed by atoms with Crippen LogP contribution in [0.1, 0.15) is 34.3 Å². The third-order valence-electron chi connectivity index (χ3n) is 4.54. The first-order valence-electron chi connectivity index (χ1n) is 8.07. The normalized spacial score (nSPS) is 15.7. The van der Waals surface area contributed by atoms with Gasteiger partial charge in [0, 0.05) is 23.7 Å². The van der Waals surface area contributed by atoms with Gasteiger partial charge in [0.15, 0.2) is 0 Å². The van der Waals surface area contributed by atoms with E-state index in [-0.39, 0.29) is 5.91 Å². The van der Waals surface area contributed by atoms with E-state index in [0.717, 1.165) is 48.5 Å². The van der Waals surface area contributed by atoms with Crippen molar-refractivity contribution in [3.05, 3.63) is 77.2 Å². The zero-order valence-electron chi connectivity index (χ0n) is 13.2. The third-order valence-corrected chi connectivity index (χ3v) is 4.79. The van der Waals surface area contributed by atoms with Gasteiger partial charge in [-0.15, -0.1) is 0 Å². The van der Waals surface area contributed by atoms with Crippen molar-refractivity contribution < 1.29 is 4.79 Å². The van der Waals surface area contributed by atoms with Gasteiger partial charge in [0.1, 0.15) is 0 Å². The van der Waals surface area contributed by atoms with Gasteiger partial charge in [-0.05, 0) is 67.5 Å². The van der Waals surface area contributed by atoms with Gasteiger partial charge in [0.25, 0.3) is 5.91 Å². The summed E-state index contributed by atoms with van der Waals surface area (Å²) in [5.41, 5.74) is 3.02. The highest BCUT2D eigenvalue weighted by Crippen LogP contribution is 2.23. The molecule has 3 heteroatoms. The zero-order chi connectivity index (χ0) is 16.2. The van der Waals surface area contributed by atoms with Crippen LogP contribution in [0.15, 0.2) is 48.5 Å². The first-order chi connectivity index (χ1) is 11.1. The molecular formula is C20H21ClNO. The van der Waals surface area contributed by atoms with Gasteiger partial charge in [-0.1, -0.05) is 35.9 Å². The van der Waals surface area contributed by atoms with Crippen molar-refractivity contribution >= 4 is 17.5 Å². The third kappa shape index (κ3) is 4.14. The highest BCUT2D eigenvalue weighted by atomic mass is 35.5. The molecule has 1 saturated heterocycles. The maximum atomic E-state index is 12.5. The molecule has 0 atom stereocenters. The number of carbonyl (C=O) groups is 1. The molecule has 2 nitrogen and oxygen atoms in total. The molecule has 1 amide bonds. The summed E-state index contributed by atoms with van der Waals surface area (Å²) in [5.74, 6) is 0.775. The number of hydrogen-bond donors (Lipinski definition) is 0. The van der Waals surface area contributed by atoms with Crippen LogP contribution in [0.4, 0.5) is 0 Å². The molecule has 3 rings (SSSR count). The molecule has 0 bridgehead atoms. The Morgan fingerprint density at radius 3 is 2.26 bits per heavy atom. The Kier molecular flexibility index (Phi) is 5.02. The van der Waals surface area contributed by atoms with Crippen LogP contribution in [0, 0.1) is 12.8 Å². The summed E-state index contributed by atoms with van der Waals surface area (Å²) in [4.78, 5) is 14.5. The molecule has 0 saturated carbocycles. The molecule has 119 valence electrons. The molecule has 1 aliphatic rings. The average molecular weight is 327 g/mol. The number of benzene rings is 2. The van der Waals surface area contributed by atoms with E-state index in [4.69, 9.17) is 11.6 Å². The largest absolute Gasteiger partial charge is 0.339 e. The molecule has 0 aliphatic carbocycles. The number of likely N-dealkylation sites (tertiary alicyclic amines) is 1. The fourth-order valence-electron chi connectivity index (χ4n) is 3.12. The van der Waals surface area contributed by atoms with Gasteiger partial charge in [-0.2, -0.15) is 0 Å². The second kappa shape index (κ2) is 7.18. The maximum Gasteiger partial charge on any atom is 0.253 e.